The maximum absolute atomic E-state index is 3.32. The van der Waals surface area contributed by atoms with Crippen LogP contribution in [0.15, 0.2) is 0 Å². The molecule has 3 N–H and O–H groups in total. The van der Waals surface area contributed by atoms with Crippen LogP contribution in [0.2, 0.25) is 0 Å². The summed E-state index contributed by atoms with van der Waals surface area (Å²) in [6.45, 7) is 6.65. The van der Waals surface area contributed by atoms with Gasteiger partial charge in [0.2, 0.25) is 0 Å². The first kappa shape index (κ1) is 8.93. The van der Waals surface area contributed by atoms with Crippen LogP contribution < -0.4 is 16.2 Å². The highest BCUT2D eigenvalue weighted by Gasteiger charge is 2.14. The molecule has 0 aromatic carbocycles. The topological polar surface area (TPSA) is 39.3 Å². The van der Waals surface area contributed by atoms with E-state index < -0.39 is 0 Å². The monoisotopic (exact) mass is 158 g/mol. The summed E-state index contributed by atoms with van der Waals surface area (Å²) in [5.41, 5.74) is 6.12. The lowest BCUT2D eigenvalue weighted by Crippen LogP contribution is -2.54. The number of hydrogen-bond acceptors (Lipinski definition) is 4. The van der Waals surface area contributed by atoms with Crippen molar-refractivity contribution in [1.82, 2.24) is 21.1 Å². The van der Waals surface area contributed by atoms with Crippen LogP contribution >= 0.6 is 0 Å². The van der Waals surface area contributed by atoms with E-state index in [1.807, 2.05) is 7.05 Å². The molecule has 66 valence electrons. The van der Waals surface area contributed by atoms with E-state index in [1.165, 1.54) is 0 Å². The Morgan fingerprint density at radius 3 is 2.55 bits per heavy atom. The minimum Gasteiger partial charge on any atom is -0.314 e. The number of rotatable bonds is 3. The number of piperazine rings is 1. The summed E-state index contributed by atoms with van der Waals surface area (Å²) in [4.78, 5) is 2.41. The normalized spacial score (nSPS) is 23.5. The first-order chi connectivity index (χ1) is 5.34. The van der Waals surface area contributed by atoms with Crippen LogP contribution in [0.1, 0.15) is 6.92 Å². The lowest BCUT2D eigenvalue weighted by atomic mass is 10.3. The quantitative estimate of drug-likeness (QED) is 0.459. The van der Waals surface area contributed by atoms with Crippen LogP contribution in [0.4, 0.5) is 0 Å². The van der Waals surface area contributed by atoms with Gasteiger partial charge in [-0.15, -0.1) is 0 Å². The molecule has 1 heterocycles. The summed E-state index contributed by atoms with van der Waals surface area (Å²) in [5.74, 6) is 0. The van der Waals surface area contributed by atoms with E-state index in [0.717, 1.165) is 26.2 Å². The Balaban J connectivity index is 2.21. The molecule has 1 aliphatic heterocycles. The van der Waals surface area contributed by atoms with Crippen LogP contribution in [0.5, 0.6) is 0 Å². The Kier molecular flexibility index (Phi) is 3.79. The molecule has 0 bridgehead atoms. The van der Waals surface area contributed by atoms with Crippen LogP contribution in [0.25, 0.3) is 0 Å². The molecule has 1 atom stereocenters. The van der Waals surface area contributed by atoms with Gasteiger partial charge in [0, 0.05) is 26.2 Å². The van der Waals surface area contributed by atoms with Gasteiger partial charge in [-0.05, 0) is 14.0 Å². The van der Waals surface area contributed by atoms with Gasteiger partial charge in [-0.3, -0.25) is 10.3 Å². The Morgan fingerprint density at radius 1 is 1.36 bits per heavy atom. The van der Waals surface area contributed by atoms with E-state index >= 15 is 0 Å². The molecule has 0 aromatic heterocycles. The molecule has 0 spiro atoms. The van der Waals surface area contributed by atoms with Crippen molar-refractivity contribution in [1.29, 1.82) is 0 Å². The van der Waals surface area contributed by atoms with E-state index in [1.54, 1.807) is 0 Å². The Morgan fingerprint density at radius 2 is 2.00 bits per heavy atom. The molecule has 1 saturated heterocycles. The van der Waals surface area contributed by atoms with E-state index in [2.05, 4.69) is 28.0 Å². The lowest BCUT2D eigenvalue weighted by molar-refractivity contribution is 0.148. The molecule has 0 aliphatic carbocycles. The largest absolute Gasteiger partial charge is 0.314 e. The Bertz CT molecular complexity index is 101. The van der Waals surface area contributed by atoms with Crippen molar-refractivity contribution >= 4 is 0 Å². The highest BCUT2D eigenvalue weighted by atomic mass is 15.4. The van der Waals surface area contributed by atoms with Crippen molar-refractivity contribution in [3.63, 3.8) is 0 Å². The molecule has 0 radical (unpaired) electrons. The van der Waals surface area contributed by atoms with Crippen LogP contribution in [0, 0.1) is 0 Å². The van der Waals surface area contributed by atoms with Gasteiger partial charge in [0.25, 0.3) is 0 Å². The van der Waals surface area contributed by atoms with Gasteiger partial charge in [-0.2, -0.15) is 0 Å². The lowest BCUT2D eigenvalue weighted by Gasteiger charge is -2.32. The van der Waals surface area contributed by atoms with Crippen molar-refractivity contribution in [3.8, 4) is 0 Å². The molecule has 0 aromatic rings. The second-order valence-electron chi connectivity index (χ2n) is 2.86. The van der Waals surface area contributed by atoms with Crippen molar-refractivity contribution in [2.45, 2.75) is 13.1 Å². The average molecular weight is 158 g/mol. The Labute approximate surface area is 68.3 Å². The predicted molar refractivity (Wildman–Crippen MR) is 46.1 cm³/mol. The maximum atomic E-state index is 3.32. The van der Waals surface area contributed by atoms with E-state index in [4.69, 9.17) is 0 Å². The fourth-order valence-corrected chi connectivity index (χ4v) is 1.37. The molecule has 1 fully saturated rings. The minimum absolute atomic E-state index is 0.432. The van der Waals surface area contributed by atoms with E-state index in [-0.39, 0.29) is 0 Å². The molecule has 1 rings (SSSR count). The van der Waals surface area contributed by atoms with E-state index in [9.17, 15) is 0 Å². The molecule has 1 aliphatic rings. The molecule has 0 saturated carbocycles. The average Bonchev–Trinajstić information content (AvgIpc) is 2.07. The predicted octanol–water partition coefficient (Wildman–Crippen LogP) is -1.04. The molecular weight excluding hydrogens is 140 g/mol. The third-order valence-electron chi connectivity index (χ3n) is 2.05. The zero-order chi connectivity index (χ0) is 8.10. The van der Waals surface area contributed by atoms with Gasteiger partial charge in [-0.25, -0.2) is 5.43 Å². The van der Waals surface area contributed by atoms with Crippen molar-refractivity contribution in [3.05, 3.63) is 0 Å². The minimum atomic E-state index is 0.432. The molecule has 1 unspecified atom stereocenters. The van der Waals surface area contributed by atoms with Crippen molar-refractivity contribution in [2.75, 3.05) is 33.2 Å². The highest BCUT2D eigenvalue weighted by Crippen LogP contribution is 1.95. The standard InChI is InChI=1S/C7H18N4/c1-7(10-8-2)11-5-3-9-4-6-11/h7-10H,3-6H2,1-2H3. The summed E-state index contributed by atoms with van der Waals surface area (Å²) in [7, 11) is 1.90. The Hall–Kier alpha value is -0.160. The second kappa shape index (κ2) is 4.66. The molecular formula is C7H18N4. The van der Waals surface area contributed by atoms with Crippen LogP contribution in [0.3, 0.4) is 0 Å². The number of nitrogens with zero attached hydrogens (tertiary/aromatic N) is 1. The first-order valence-electron chi connectivity index (χ1n) is 4.21. The zero-order valence-corrected chi connectivity index (χ0v) is 7.35. The van der Waals surface area contributed by atoms with Gasteiger partial charge in [0.15, 0.2) is 0 Å². The summed E-state index contributed by atoms with van der Waals surface area (Å²) in [6.07, 6.45) is 0.432. The van der Waals surface area contributed by atoms with Gasteiger partial charge < -0.3 is 5.32 Å². The molecule has 4 heteroatoms. The molecule has 0 amide bonds. The van der Waals surface area contributed by atoms with E-state index in [0.29, 0.717) is 6.17 Å². The third-order valence-corrected chi connectivity index (χ3v) is 2.05. The summed E-state index contributed by atoms with van der Waals surface area (Å²) < 4.78 is 0. The SMILES string of the molecule is CNNC(C)N1CCNCC1. The van der Waals surface area contributed by atoms with Crippen molar-refractivity contribution < 1.29 is 0 Å². The second-order valence-corrected chi connectivity index (χ2v) is 2.86. The summed E-state index contributed by atoms with van der Waals surface area (Å²) in [6, 6.07) is 0. The third kappa shape index (κ3) is 2.75. The zero-order valence-electron chi connectivity index (χ0n) is 7.35. The smallest absolute Gasteiger partial charge is 0.0701 e. The van der Waals surface area contributed by atoms with Crippen molar-refractivity contribution in [2.24, 2.45) is 0 Å². The van der Waals surface area contributed by atoms with Gasteiger partial charge in [0.05, 0.1) is 6.17 Å². The fraction of sp³-hybridized carbons (Fsp3) is 1.00. The van der Waals surface area contributed by atoms with Gasteiger partial charge >= 0.3 is 0 Å². The first-order valence-corrected chi connectivity index (χ1v) is 4.21. The maximum Gasteiger partial charge on any atom is 0.0701 e. The fourth-order valence-electron chi connectivity index (χ4n) is 1.37. The highest BCUT2D eigenvalue weighted by molar-refractivity contribution is 4.70. The van der Waals surface area contributed by atoms with Gasteiger partial charge in [0.1, 0.15) is 0 Å². The number of hydrazine groups is 1. The molecule has 11 heavy (non-hydrogen) atoms. The summed E-state index contributed by atoms with van der Waals surface area (Å²) >= 11 is 0. The van der Waals surface area contributed by atoms with Crippen LogP contribution in [-0.2, 0) is 0 Å². The number of nitrogens with one attached hydrogen (secondary N) is 3. The summed E-state index contributed by atoms with van der Waals surface area (Å²) in [5, 5.41) is 3.32. The van der Waals surface area contributed by atoms with Crippen LogP contribution in [-0.4, -0.2) is 44.3 Å². The van der Waals surface area contributed by atoms with Gasteiger partial charge in [-0.1, -0.05) is 0 Å². The number of hydrogen-bond donors (Lipinski definition) is 3. The molecule has 4 nitrogen and oxygen atoms in total.